The van der Waals surface area contributed by atoms with Crippen LogP contribution in [0.25, 0.3) is 6.08 Å². The molecule has 0 bridgehead atoms. The normalized spacial score (nSPS) is 11.2. The lowest BCUT2D eigenvalue weighted by molar-refractivity contribution is 0.105. The van der Waals surface area contributed by atoms with E-state index in [0.717, 1.165) is 22.9 Å². The van der Waals surface area contributed by atoms with Crippen molar-refractivity contribution in [2.24, 2.45) is 0 Å². The van der Waals surface area contributed by atoms with Crippen molar-refractivity contribution in [1.29, 1.82) is 0 Å². The molecule has 88 valence electrons. The zero-order valence-corrected chi connectivity index (χ0v) is 13.7. The molecule has 2 aromatic heterocycles. The van der Waals surface area contributed by atoms with Gasteiger partial charge in [0.2, 0.25) is 0 Å². The fourth-order valence-corrected chi connectivity index (χ4v) is 4.03. The Morgan fingerprint density at radius 2 is 2.06 bits per heavy atom. The van der Waals surface area contributed by atoms with Crippen LogP contribution in [0.1, 0.15) is 19.4 Å². The first-order valence-corrected chi connectivity index (χ1v) is 8.02. The minimum Gasteiger partial charge on any atom is -0.288 e. The number of rotatable bonds is 3. The molecule has 0 fully saturated rings. The van der Waals surface area contributed by atoms with Gasteiger partial charge in [-0.1, -0.05) is 0 Å². The van der Waals surface area contributed by atoms with Gasteiger partial charge in [-0.3, -0.25) is 4.79 Å². The quantitative estimate of drug-likeness (QED) is 0.495. The fraction of sp³-hybridized carbons (Fsp3) is 0.0833. The van der Waals surface area contributed by atoms with Gasteiger partial charge in [-0.15, -0.1) is 22.7 Å². The van der Waals surface area contributed by atoms with Gasteiger partial charge in [0.1, 0.15) is 0 Å². The van der Waals surface area contributed by atoms with Gasteiger partial charge in [0.15, 0.2) is 5.78 Å². The van der Waals surface area contributed by atoms with E-state index in [0.29, 0.717) is 0 Å². The Hall–Kier alpha value is -0.230. The lowest BCUT2D eigenvalue weighted by atomic mass is 10.3. The van der Waals surface area contributed by atoms with E-state index in [2.05, 4.69) is 31.9 Å². The van der Waals surface area contributed by atoms with Crippen LogP contribution in [0.4, 0.5) is 0 Å². The smallest absolute Gasteiger partial charge is 0.195 e. The second-order valence-corrected chi connectivity index (χ2v) is 7.92. The van der Waals surface area contributed by atoms with Gasteiger partial charge in [-0.2, -0.15) is 0 Å². The molecule has 0 aliphatic rings. The summed E-state index contributed by atoms with van der Waals surface area (Å²) < 4.78 is 2.05. The minimum absolute atomic E-state index is 0.0590. The van der Waals surface area contributed by atoms with Crippen LogP contribution in [0.2, 0.25) is 0 Å². The fourth-order valence-electron chi connectivity index (χ4n) is 1.25. The average Bonchev–Trinajstić information content (AvgIpc) is 2.83. The number of halogens is 2. The van der Waals surface area contributed by atoms with Gasteiger partial charge in [0.05, 0.1) is 8.66 Å². The van der Waals surface area contributed by atoms with Gasteiger partial charge in [-0.05, 0) is 69.1 Å². The van der Waals surface area contributed by atoms with Crippen LogP contribution in [0.3, 0.4) is 0 Å². The van der Waals surface area contributed by atoms with E-state index in [1.54, 1.807) is 17.4 Å². The Bertz CT molecular complexity index is 562. The van der Waals surface area contributed by atoms with E-state index in [-0.39, 0.29) is 5.78 Å². The number of hydrogen-bond donors (Lipinski definition) is 0. The van der Waals surface area contributed by atoms with Crippen LogP contribution in [0.5, 0.6) is 0 Å². The highest BCUT2D eigenvalue weighted by Crippen LogP contribution is 2.33. The first-order chi connectivity index (χ1) is 8.06. The molecule has 0 aliphatic heterocycles. The number of carbonyl (C=O) groups is 1. The lowest BCUT2D eigenvalue weighted by Gasteiger charge is -1.87. The summed E-state index contributed by atoms with van der Waals surface area (Å²) in [5.41, 5.74) is 0. The summed E-state index contributed by atoms with van der Waals surface area (Å²) in [4.78, 5) is 14.8. The standard InChI is InChI=1S/C12H8Br2OS2/c1-7-2-5-11(16-7)10(15)4-3-8-6-9(13)12(14)17-8/h2-6H,1H3/b4-3+. The highest BCUT2D eigenvalue weighted by Gasteiger charge is 2.05. The van der Waals surface area contributed by atoms with Crippen molar-refractivity contribution in [3.8, 4) is 0 Å². The van der Waals surface area contributed by atoms with Crippen molar-refractivity contribution >= 4 is 66.4 Å². The molecule has 0 N–H and O–H groups in total. The Kier molecular flexibility index (Phi) is 4.36. The molecule has 2 rings (SSSR count). The second-order valence-electron chi connectivity index (χ2n) is 3.38. The SMILES string of the molecule is Cc1ccc(C(=O)/C=C/c2cc(Br)c(Br)s2)s1. The molecule has 0 atom stereocenters. The molecule has 0 unspecified atom stereocenters. The zero-order chi connectivity index (χ0) is 12.4. The van der Waals surface area contributed by atoms with Crippen molar-refractivity contribution in [2.45, 2.75) is 6.92 Å². The summed E-state index contributed by atoms with van der Waals surface area (Å²) in [5.74, 6) is 0.0590. The second kappa shape index (κ2) is 5.61. The van der Waals surface area contributed by atoms with Crippen molar-refractivity contribution < 1.29 is 4.79 Å². The van der Waals surface area contributed by atoms with Crippen molar-refractivity contribution in [2.75, 3.05) is 0 Å². The van der Waals surface area contributed by atoms with E-state index in [4.69, 9.17) is 0 Å². The third-order valence-electron chi connectivity index (χ3n) is 2.05. The highest BCUT2D eigenvalue weighted by molar-refractivity contribution is 9.13. The molecule has 0 radical (unpaired) electrons. The topological polar surface area (TPSA) is 17.1 Å². The molecule has 5 heteroatoms. The summed E-state index contributed by atoms with van der Waals surface area (Å²) in [7, 11) is 0. The van der Waals surface area contributed by atoms with Crippen molar-refractivity contribution in [1.82, 2.24) is 0 Å². The molecule has 0 amide bonds. The maximum Gasteiger partial charge on any atom is 0.195 e. The Balaban J connectivity index is 2.13. The number of carbonyl (C=O) groups excluding carboxylic acids is 1. The molecule has 2 heterocycles. The summed E-state index contributed by atoms with van der Waals surface area (Å²) in [5, 5.41) is 0. The predicted molar refractivity (Wildman–Crippen MR) is 82.1 cm³/mol. The van der Waals surface area contributed by atoms with Gasteiger partial charge in [0, 0.05) is 14.2 Å². The number of thiophene rings is 2. The van der Waals surface area contributed by atoms with E-state index in [9.17, 15) is 4.79 Å². The molecule has 0 saturated heterocycles. The van der Waals surface area contributed by atoms with Gasteiger partial charge in [0.25, 0.3) is 0 Å². The maximum atomic E-state index is 11.8. The van der Waals surface area contributed by atoms with Crippen molar-refractivity contribution in [3.63, 3.8) is 0 Å². The summed E-state index contributed by atoms with van der Waals surface area (Å²) in [6.45, 7) is 2.00. The van der Waals surface area contributed by atoms with Crippen LogP contribution >= 0.6 is 54.5 Å². The first kappa shape index (κ1) is 13.2. The zero-order valence-electron chi connectivity index (χ0n) is 8.87. The summed E-state index contributed by atoms with van der Waals surface area (Å²) in [6, 6.07) is 5.81. The van der Waals surface area contributed by atoms with E-state index in [1.807, 2.05) is 31.2 Å². The largest absolute Gasteiger partial charge is 0.288 e. The third kappa shape index (κ3) is 3.37. The van der Waals surface area contributed by atoms with Gasteiger partial charge >= 0.3 is 0 Å². The summed E-state index contributed by atoms with van der Waals surface area (Å²) in [6.07, 6.45) is 3.47. The first-order valence-electron chi connectivity index (χ1n) is 4.80. The predicted octanol–water partition coefficient (Wildman–Crippen LogP) is 5.54. The van der Waals surface area contributed by atoms with Gasteiger partial charge < -0.3 is 0 Å². The number of ketones is 1. The minimum atomic E-state index is 0.0590. The molecular formula is C12H8Br2OS2. The Morgan fingerprint density at radius 3 is 2.59 bits per heavy atom. The molecule has 1 nitrogen and oxygen atoms in total. The molecule has 0 saturated carbocycles. The van der Waals surface area contributed by atoms with Crippen LogP contribution in [0, 0.1) is 6.92 Å². The number of hydrogen-bond acceptors (Lipinski definition) is 3. The van der Waals surface area contributed by atoms with Crippen molar-refractivity contribution in [3.05, 3.63) is 47.2 Å². The van der Waals surface area contributed by atoms with Crippen LogP contribution in [-0.4, -0.2) is 5.78 Å². The monoisotopic (exact) mass is 390 g/mol. The highest BCUT2D eigenvalue weighted by atomic mass is 79.9. The third-order valence-corrected chi connectivity index (χ3v) is 6.28. The maximum absolute atomic E-state index is 11.8. The van der Waals surface area contributed by atoms with Crippen LogP contribution < -0.4 is 0 Å². The average molecular weight is 392 g/mol. The molecule has 0 aliphatic carbocycles. The van der Waals surface area contributed by atoms with E-state index >= 15 is 0 Å². The van der Waals surface area contributed by atoms with E-state index in [1.165, 1.54) is 11.3 Å². The van der Waals surface area contributed by atoms with Crippen LogP contribution in [0.15, 0.2) is 32.5 Å². The lowest BCUT2D eigenvalue weighted by Crippen LogP contribution is -1.87. The van der Waals surface area contributed by atoms with Gasteiger partial charge in [-0.25, -0.2) is 0 Å². The summed E-state index contributed by atoms with van der Waals surface area (Å²) >= 11 is 9.96. The van der Waals surface area contributed by atoms with Crippen LogP contribution in [-0.2, 0) is 0 Å². The molecule has 2 aromatic rings. The number of aryl methyl sites for hydroxylation is 1. The molecular weight excluding hydrogens is 384 g/mol. The number of allylic oxidation sites excluding steroid dienone is 1. The molecule has 0 aromatic carbocycles. The van der Waals surface area contributed by atoms with E-state index < -0.39 is 0 Å². The molecule has 17 heavy (non-hydrogen) atoms. The Morgan fingerprint density at radius 1 is 1.29 bits per heavy atom. The molecule has 0 spiro atoms. The Labute approximate surface area is 124 Å².